The Morgan fingerprint density at radius 3 is 1.07 bits per heavy atom. The number of hydrogen-bond acceptors (Lipinski definition) is 7. The summed E-state index contributed by atoms with van der Waals surface area (Å²) in [5, 5.41) is 25.2. The van der Waals surface area contributed by atoms with Crippen molar-refractivity contribution in [2.45, 2.75) is 0 Å². The van der Waals surface area contributed by atoms with Gasteiger partial charge in [0.05, 0.1) is 0 Å². The average molecular weight is 214 g/mol. The van der Waals surface area contributed by atoms with Crippen molar-refractivity contribution in [3.8, 4) is 0 Å². The van der Waals surface area contributed by atoms with Crippen LogP contribution in [0, 0.1) is 0 Å². The van der Waals surface area contributed by atoms with E-state index in [1.54, 1.807) is 0 Å². The molecule has 14 heavy (non-hydrogen) atoms. The first kappa shape index (κ1) is 29.5. The van der Waals surface area contributed by atoms with E-state index >= 15 is 0 Å². The first-order valence-corrected chi connectivity index (χ1v) is 3.02. The molecule has 0 aromatic rings. The van der Waals surface area contributed by atoms with Crippen LogP contribution in [-0.4, -0.2) is 15.7 Å². The Bertz CT molecular complexity index is 159. The molecule has 14 heteroatoms. The summed E-state index contributed by atoms with van der Waals surface area (Å²) < 4.78 is 42.9. The third-order valence-corrected chi connectivity index (χ3v) is 0.463. The predicted molar refractivity (Wildman–Crippen MR) is 19.1 cm³/mol. The van der Waals surface area contributed by atoms with Gasteiger partial charge >= 0.3 is 67.0 Å². The second-order valence-electron chi connectivity index (χ2n) is 0.823. The van der Waals surface area contributed by atoms with E-state index in [0.717, 1.165) is 0 Å². The van der Waals surface area contributed by atoms with E-state index in [9.17, 15) is 17.5 Å². The van der Waals surface area contributed by atoms with Crippen LogP contribution >= 0.6 is 0 Å². The van der Waals surface area contributed by atoms with Gasteiger partial charge in [-0.3, -0.25) is 7.32 Å². The molecule has 0 unspecified atom stereocenters. The molecule has 0 aromatic heterocycles. The third kappa shape index (κ3) is 37.5. The van der Waals surface area contributed by atoms with Crippen molar-refractivity contribution in [1.82, 2.24) is 0 Å². The molecule has 7 nitrogen and oxygen atoms in total. The Morgan fingerprint density at radius 2 is 1.07 bits per heavy atom. The predicted octanol–water partition coefficient (Wildman–Crippen LogP) is -12.9. The van der Waals surface area contributed by atoms with Gasteiger partial charge in [0.1, 0.15) is 0 Å². The largest absolute Gasteiger partial charge is 1.00 e. The summed E-state index contributed by atoms with van der Waals surface area (Å²) in [5.74, 6) is 0. The minimum absolute atomic E-state index is 0. The zero-order chi connectivity index (χ0) is 9.49. The molecule has 0 atom stereocenters. The number of rotatable bonds is 2. The van der Waals surface area contributed by atoms with E-state index in [4.69, 9.17) is 15.1 Å². The molecule has 0 aromatic carbocycles. The summed E-state index contributed by atoms with van der Waals surface area (Å²) in [5.41, 5.74) is 0. The van der Waals surface area contributed by atoms with Crippen LogP contribution in [0.3, 0.4) is 0 Å². The molecule has 0 bridgehead atoms. The summed E-state index contributed by atoms with van der Waals surface area (Å²) in [6, 6.07) is 0. The fourth-order valence-electron chi connectivity index (χ4n) is 0.00972. The minimum Gasteiger partial charge on any atom is -0.907 e. The van der Waals surface area contributed by atoms with Crippen LogP contribution in [0.2, 0.25) is 0 Å². The standard InChI is InChI=1S/BO3.F2O4S.3Li/c2-1(3)4;1-5-7(3,4)6-2;;;/q-3;;3*+1. The minimum atomic E-state index is -4.99. The smallest absolute Gasteiger partial charge is 0.907 e. The van der Waals surface area contributed by atoms with Gasteiger partial charge < -0.3 is 15.1 Å². The number of halogens is 2. The van der Waals surface area contributed by atoms with E-state index in [2.05, 4.69) is 0 Å². The monoisotopic (exact) mass is 214 g/mol. The van der Waals surface area contributed by atoms with E-state index in [1.807, 2.05) is 8.78 Å². The first-order chi connectivity index (χ1) is 4.85. The summed E-state index contributed by atoms with van der Waals surface area (Å²) in [6.07, 6.45) is 0. The van der Waals surface area contributed by atoms with Gasteiger partial charge in [-0.25, -0.2) is 0 Å². The van der Waals surface area contributed by atoms with E-state index in [1.165, 1.54) is 0 Å². The van der Waals surface area contributed by atoms with Crippen molar-refractivity contribution in [1.29, 1.82) is 0 Å². The van der Waals surface area contributed by atoms with Gasteiger partial charge in [-0.15, -0.1) is 0 Å². The van der Waals surface area contributed by atoms with Crippen LogP contribution in [0.25, 0.3) is 0 Å². The molecule has 0 radical (unpaired) electrons. The van der Waals surface area contributed by atoms with Crippen molar-refractivity contribution in [2.24, 2.45) is 0 Å². The second-order valence-corrected chi connectivity index (χ2v) is 1.89. The summed E-state index contributed by atoms with van der Waals surface area (Å²) >= 11 is 0. The molecule has 0 N–H and O–H groups in total. The topological polar surface area (TPSA) is 122 Å². The molecule has 0 saturated carbocycles. The Hall–Kier alpha value is 1.47. The summed E-state index contributed by atoms with van der Waals surface area (Å²) in [4.78, 5) is 0. The van der Waals surface area contributed by atoms with Crippen LogP contribution in [0.1, 0.15) is 0 Å². The molecular weight excluding hydrogens is 214 g/mol. The molecule has 0 fully saturated rings. The maximum atomic E-state index is 10.3. The molecule has 0 rings (SSSR count). The van der Waals surface area contributed by atoms with Crippen LogP contribution < -0.4 is 71.7 Å². The molecular formula is BF2Li3O7S. The van der Waals surface area contributed by atoms with Crippen molar-refractivity contribution in [3.63, 3.8) is 0 Å². The maximum Gasteiger partial charge on any atom is 1.00 e. The normalized spacial score (nSPS) is 7.79. The van der Waals surface area contributed by atoms with Crippen molar-refractivity contribution < 1.29 is 97.9 Å². The Balaban J connectivity index is -0.0000000347. The molecule has 0 saturated heterocycles. The SMILES string of the molecule is O=S(=O)(OF)OF.[Li+].[Li+].[Li+].[O-]B([O-])[O-]. The number of hydrogen-bond donors (Lipinski definition) is 0. The van der Waals surface area contributed by atoms with Gasteiger partial charge in [0, 0.05) is 0 Å². The Kier molecular flexibility index (Phi) is 35.6. The van der Waals surface area contributed by atoms with Gasteiger partial charge in [-0.05, 0) is 17.8 Å². The van der Waals surface area contributed by atoms with E-state index < -0.39 is 17.7 Å². The van der Waals surface area contributed by atoms with Crippen molar-refractivity contribution in [2.75, 3.05) is 0 Å². The second kappa shape index (κ2) is 16.9. The van der Waals surface area contributed by atoms with Gasteiger partial charge in [0.15, 0.2) is 0 Å². The molecule has 0 aliphatic heterocycles. The molecule has 0 aliphatic carbocycles. The summed E-state index contributed by atoms with van der Waals surface area (Å²) in [6.45, 7) is 0. The van der Waals surface area contributed by atoms with Crippen LogP contribution in [-0.2, 0) is 19.2 Å². The molecule has 68 valence electrons. The van der Waals surface area contributed by atoms with Gasteiger partial charge in [0.25, 0.3) is 0 Å². The Labute approximate surface area is 115 Å². The van der Waals surface area contributed by atoms with E-state index in [0.29, 0.717) is 0 Å². The van der Waals surface area contributed by atoms with Crippen molar-refractivity contribution in [3.05, 3.63) is 0 Å². The van der Waals surface area contributed by atoms with E-state index in [-0.39, 0.29) is 56.6 Å². The van der Waals surface area contributed by atoms with Crippen LogP contribution in [0.15, 0.2) is 0 Å². The first-order valence-electron chi connectivity index (χ1n) is 1.68. The van der Waals surface area contributed by atoms with Gasteiger partial charge in [-0.1, -0.05) is 0 Å². The fraction of sp³-hybridized carbons (Fsp3) is 0. The third-order valence-electron chi connectivity index (χ3n) is 0.154. The van der Waals surface area contributed by atoms with Crippen LogP contribution in [0.4, 0.5) is 9.05 Å². The van der Waals surface area contributed by atoms with Crippen LogP contribution in [0.5, 0.6) is 0 Å². The molecule has 0 aliphatic rings. The van der Waals surface area contributed by atoms with Crippen molar-refractivity contribution >= 4 is 17.7 Å². The Morgan fingerprint density at radius 1 is 0.929 bits per heavy atom. The molecule has 0 amide bonds. The average Bonchev–Trinajstić information content (AvgIpc) is 1.87. The quantitative estimate of drug-likeness (QED) is 0.418. The molecule has 0 spiro atoms. The van der Waals surface area contributed by atoms with Gasteiger partial charge in [0.2, 0.25) is 0 Å². The van der Waals surface area contributed by atoms with Gasteiger partial charge in [-0.2, -0.15) is 8.42 Å². The maximum absolute atomic E-state index is 10.3. The summed E-state index contributed by atoms with van der Waals surface area (Å²) in [7, 11) is -7.91. The zero-order valence-electron chi connectivity index (χ0n) is 7.60. The zero-order valence-corrected chi connectivity index (χ0v) is 8.42. The fourth-order valence-corrected chi connectivity index (χ4v) is 0.0292. The molecule has 0 heterocycles.